The second-order valence-electron chi connectivity index (χ2n) is 9.23. The number of pyridine rings is 1. The van der Waals surface area contributed by atoms with Crippen LogP contribution in [0.1, 0.15) is 33.6 Å². The number of nitrogens with zero attached hydrogens (tertiary/aromatic N) is 3. The molecule has 3 heterocycles. The van der Waals surface area contributed by atoms with Crippen molar-refractivity contribution in [3.8, 4) is 28.5 Å². The highest BCUT2D eigenvalue weighted by molar-refractivity contribution is 6.32. The minimum atomic E-state index is -0.496. The summed E-state index contributed by atoms with van der Waals surface area (Å²) in [5, 5.41) is 0.483. The maximum atomic E-state index is 12.3. The zero-order chi connectivity index (χ0) is 24.5. The zero-order valence-corrected chi connectivity index (χ0v) is 20.9. The SMILES string of the molecule is COc1cc(OC)c(-c2cn3ccc(OC4CCN(C(=O)OC(C)(C)C)CC4)cc3n2)cc1Cl. The van der Waals surface area contributed by atoms with E-state index in [1.54, 1.807) is 31.3 Å². The molecule has 9 heteroatoms. The second kappa shape index (κ2) is 9.62. The van der Waals surface area contributed by atoms with Crippen LogP contribution in [0.5, 0.6) is 17.2 Å². The van der Waals surface area contributed by atoms with Gasteiger partial charge >= 0.3 is 6.09 Å². The minimum Gasteiger partial charge on any atom is -0.496 e. The molecular weight excluding hydrogens is 458 g/mol. The lowest BCUT2D eigenvalue weighted by molar-refractivity contribution is 0.0126. The van der Waals surface area contributed by atoms with Crippen molar-refractivity contribution >= 4 is 23.3 Å². The van der Waals surface area contributed by atoms with Crippen LogP contribution in [-0.4, -0.2) is 59.4 Å². The Kier molecular flexibility index (Phi) is 6.79. The van der Waals surface area contributed by atoms with Crippen LogP contribution >= 0.6 is 11.6 Å². The summed E-state index contributed by atoms with van der Waals surface area (Å²) in [5.74, 6) is 1.90. The second-order valence-corrected chi connectivity index (χ2v) is 9.63. The molecule has 0 atom stereocenters. The molecule has 0 saturated carbocycles. The van der Waals surface area contributed by atoms with E-state index in [4.69, 9.17) is 35.5 Å². The lowest BCUT2D eigenvalue weighted by Crippen LogP contribution is -2.44. The molecule has 2 aromatic heterocycles. The number of hydrogen-bond acceptors (Lipinski definition) is 6. The topological polar surface area (TPSA) is 74.5 Å². The molecule has 0 aliphatic carbocycles. The van der Waals surface area contributed by atoms with Gasteiger partial charge in [-0.1, -0.05) is 11.6 Å². The molecule has 182 valence electrons. The van der Waals surface area contributed by atoms with Crippen molar-refractivity contribution in [1.82, 2.24) is 14.3 Å². The molecule has 1 fully saturated rings. The number of amides is 1. The van der Waals surface area contributed by atoms with Crippen molar-refractivity contribution in [3.63, 3.8) is 0 Å². The number of rotatable bonds is 5. The van der Waals surface area contributed by atoms with Crippen molar-refractivity contribution in [1.29, 1.82) is 0 Å². The van der Waals surface area contributed by atoms with E-state index >= 15 is 0 Å². The van der Waals surface area contributed by atoms with Crippen LogP contribution in [0.4, 0.5) is 4.79 Å². The van der Waals surface area contributed by atoms with Gasteiger partial charge in [-0.05, 0) is 32.9 Å². The summed E-state index contributed by atoms with van der Waals surface area (Å²) >= 11 is 6.33. The maximum Gasteiger partial charge on any atom is 0.410 e. The van der Waals surface area contributed by atoms with Gasteiger partial charge in [0.15, 0.2) is 0 Å². The Bertz CT molecular complexity index is 1180. The molecule has 0 bridgehead atoms. The fraction of sp³-hybridized carbons (Fsp3) is 0.440. The number of carbonyl (C=O) groups is 1. The summed E-state index contributed by atoms with van der Waals surface area (Å²) in [6.45, 7) is 6.83. The third-order valence-electron chi connectivity index (χ3n) is 5.58. The number of hydrogen-bond donors (Lipinski definition) is 0. The highest BCUT2D eigenvalue weighted by Crippen LogP contribution is 2.38. The monoisotopic (exact) mass is 487 g/mol. The van der Waals surface area contributed by atoms with Gasteiger partial charge in [-0.25, -0.2) is 9.78 Å². The summed E-state index contributed by atoms with van der Waals surface area (Å²) in [5.41, 5.74) is 1.75. The van der Waals surface area contributed by atoms with Gasteiger partial charge < -0.3 is 28.2 Å². The predicted octanol–water partition coefficient (Wildman–Crippen LogP) is 5.45. The Balaban J connectivity index is 1.46. The van der Waals surface area contributed by atoms with Gasteiger partial charge in [0.05, 0.1) is 24.9 Å². The van der Waals surface area contributed by atoms with Crippen molar-refractivity contribution in [3.05, 3.63) is 41.7 Å². The van der Waals surface area contributed by atoms with E-state index in [0.717, 1.165) is 35.5 Å². The molecule has 1 amide bonds. The van der Waals surface area contributed by atoms with Crippen molar-refractivity contribution in [2.45, 2.75) is 45.3 Å². The standard InChI is InChI=1S/C25H30ClN3O5/c1-25(2,3)34-24(30)28-9-6-16(7-10-28)33-17-8-11-29-15-20(27-23(29)12-17)18-13-19(26)22(32-5)14-21(18)31-4/h8,11-16H,6-7,9-10H2,1-5H3. The predicted molar refractivity (Wildman–Crippen MR) is 130 cm³/mol. The summed E-state index contributed by atoms with van der Waals surface area (Å²) in [4.78, 5) is 18.8. The average Bonchev–Trinajstić information content (AvgIpc) is 3.21. The quantitative estimate of drug-likeness (QED) is 0.476. The van der Waals surface area contributed by atoms with E-state index in [9.17, 15) is 4.79 Å². The molecule has 34 heavy (non-hydrogen) atoms. The molecule has 4 rings (SSSR count). The summed E-state index contributed by atoms with van der Waals surface area (Å²) in [7, 11) is 3.16. The minimum absolute atomic E-state index is 0.0241. The Morgan fingerprint density at radius 1 is 1.09 bits per heavy atom. The first-order chi connectivity index (χ1) is 16.2. The smallest absolute Gasteiger partial charge is 0.410 e. The number of imidazole rings is 1. The number of piperidine rings is 1. The summed E-state index contributed by atoms with van der Waals surface area (Å²) < 4.78 is 24.4. The van der Waals surface area contributed by atoms with Crippen molar-refractivity contribution in [2.75, 3.05) is 27.3 Å². The van der Waals surface area contributed by atoms with Gasteiger partial charge in [-0.15, -0.1) is 0 Å². The molecule has 1 saturated heterocycles. The first kappa shape index (κ1) is 24.0. The van der Waals surface area contributed by atoms with E-state index in [1.807, 2.05) is 49.7 Å². The number of ether oxygens (including phenoxy) is 4. The van der Waals surface area contributed by atoms with Crippen LogP contribution in [-0.2, 0) is 4.74 Å². The van der Waals surface area contributed by atoms with Crippen LogP contribution in [0.2, 0.25) is 5.02 Å². The molecule has 1 aliphatic heterocycles. The normalized spacial score (nSPS) is 14.8. The average molecular weight is 488 g/mol. The fourth-order valence-electron chi connectivity index (χ4n) is 3.90. The first-order valence-corrected chi connectivity index (χ1v) is 11.6. The van der Waals surface area contributed by atoms with Gasteiger partial charge in [-0.3, -0.25) is 0 Å². The number of aromatic nitrogens is 2. The highest BCUT2D eigenvalue weighted by atomic mass is 35.5. The van der Waals surface area contributed by atoms with Gasteiger partial charge in [0.2, 0.25) is 0 Å². The Morgan fingerprint density at radius 2 is 1.79 bits per heavy atom. The number of benzene rings is 1. The van der Waals surface area contributed by atoms with Crippen LogP contribution in [0.3, 0.4) is 0 Å². The zero-order valence-electron chi connectivity index (χ0n) is 20.1. The Hall–Kier alpha value is -3.13. The van der Waals surface area contributed by atoms with E-state index < -0.39 is 5.60 Å². The van der Waals surface area contributed by atoms with E-state index in [2.05, 4.69) is 0 Å². The molecule has 1 aromatic carbocycles. The molecule has 0 radical (unpaired) electrons. The number of carbonyl (C=O) groups excluding carboxylic acids is 1. The number of halogens is 1. The van der Waals surface area contributed by atoms with E-state index in [-0.39, 0.29) is 12.2 Å². The van der Waals surface area contributed by atoms with Gasteiger partial charge in [0.1, 0.15) is 34.6 Å². The van der Waals surface area contributed by atoms with Crippen LogP contribution in [0, 0.1) is 0 Å². The number of fused-ring (bicyclic) bond motifs is 1. The van der Waals surface area contributed by atoms with Gasteiger partial charge in [0, 0.05) is 56.0 Å². The van der Waals surface area contributed by atoms with Gasteiger partial charge in [0.25, 0.3) is 0 Å². The van der Waals surface area contributed by atoms with Crippen molar-refractivity contribution < 1.29 is 23.7 Å². The van der Waals surface area contributed by atoms with E-state index in [1.165, 1.54) is 0 Å². The number of methoxy groups -OCH3 is 2. The molecular formula is C25H30ClN3O5. The van der Waals surface area contributed by atoms with Crippen LogP contribution in [0.25, 0.3) is 16.9 Å². The lowest BCUT2D eigenvalue weighted by atomic mass is 10.1. The van der Waals surface area contributed by atoms with Gasteiger partial charge in [-0.2, -0.15) is 0 Å². The molecule has 1 aliphatic rings. The largest absolute Gasteiger partial charge is 0.496 e. The first-order valence-electron chi connectivity index (χ1n) is 11.2. The van der Waals surface area contributed by atoms with E-state index in [0.29, 0.717) is 29.6 Å². The third kappa shape index (κ3) is 5.33. The molecule has 0 N–H and O–H groups in total. The van der Waals surface area contributed by atoms with Crippen molar-refractivity contribution in [2.24, 2.45) is 0 Å². The number of likely N-dealkylation sites (tertiary alicyclic amines) is 1. The molecule has 8 nitrogen and oxygen atoms in total. The summed E-state index contributed by atoms with van der Waals surface area (Å²) in [6.07, 6.45) is 5.06. The molecule has 0 spiro atoms. The van der Waals surface area contributed by atoms with Crippen LogP contribution in [0.15, 0.2) is 36.7 Å². The molecule has 0 unspecified atom stereocenters. The fourth-order valence-corrected chi connectivity index (χ4v) is 4.14. The third-order valence-corrected chi connectivity index (χ3v) is 5.87. The highest BCUT2D eigenvalue weighted by Gasteiger charge is 2.27. The lowest BCUT2D eigenvalue weighted by Gasteiger charge is -2.33. The molecule has 3 aromatic rings. The Labute approximate surface area is 204 Å². The Morgan fingerprint density at radius 3 is 2.44 bits per heavy atom. The van der Waals surface area contributed by atoms with Crippen LogP contribution < -0.4 is 14.2 Å². The summed E-state index contributed by atoms with van der Waals surface area (Å²) in [6, 6.07) is 7.36. The maximum absolute atomic E-state index is 12.3.